The van der Waals surface area contributed by atoms with Gasteiger partial charge in [0.15, 0.2) is 0 Å². The molecule has 1 aliphatic heterocycles. The lowest BCUT2D eigenvalue weighted by Crippen LogP contribution is -2.49. The van der Waals surface area contributed by atoms with Gasteiger partial charge in [0.1, 0.15) is 11.8 Å². The third-order valence-corrected chi connectivity index (χ3v) is 8.27. The molecule has 0 saturated carbocycles. The highest BCUT2D eigenvalue weighted by molar-refractivity contribution is 5.83. The van der Waals surface area contributed by atoms with Crippen molar-refractivity contribution >= 4 is 12.1 Å². The van der Waals surface area contributed by atoms with E-state index in [0.717, 1.165) is 41.7 Å². The van der Waals surface area contributed by atoms with Crippen LogP contribution in [0.5, 0.6) is 5.75 Å². The normalized spacial score (nSPS) is 22.4. The minimum absolute atomic E-state index is 0.235. The van der Waals surface area contributed by atoms with Gasteiger partial charge >= 0.3 is 12.1 Å². The van der Waals surface area contributed by atoms with Crippen LogP contribution >= 0.6 is 0 Å². The zero-order chi connectivity index (χ0) is 29.2. The highest BCUT2D eigenvalue weighted by Crippen LogP contribution is 2.49. The molecule has 0 radical (unpaired) electrons. The smallest absolute Gasteiger partial charge is 0.411 e. The van der Waals surface area contributed by atoms with E-state index >= 15 is 0 Å². The standard InChI is InChI=1S/C33H46N2O5/c1-9-39-31(36)30-27(33(5,6)7)28(34-19-24-17-22-14-12-15-23(22)18-26(24)38-8)29(25-16-11-10-13-21(25)4)35(30)32(37)40-20(2)3/h10-11,13,16-18,20,27-30,34H,9,12,14-15,19H2,1-8H3/t27-,28-,29-,30-/m0/s1. The van der Waals surface area contributed by atoms with E-state index in [9.17, 15) is 9.59 Å². The second-order valence-corrected chi connectivity index (χ2v) is 12.4. The molecular weight excluding hydrogens is 504 g/mol. The van der Waals surface area contributed by atoms with Gasteiger partial charge in [-0.15, -0.1) is 0 Å². The first-order chi connectivity index (χ1) is 19.0. The van der Waals surface area contributed by atoms with Gasteiger partial charge in [0, 0.05) is 24.1 Å². The molecule has 40 heavy (non-hydrogen) atoms. The van der Waals surface area contributed by atoms with Crippen LogP contribution in [0.2, 0.25) is 0 Å². The summed E-state index contributed by atoms with van der Waals surface area (Å²) in [5.74, 6) is 0.210. The Morgan fingerprint density at radius 1 is 1.10 bits per heavy atom. The van der Waals surface area contributed by atoms with Gasteiger partial charge < -0.3 is 19.5 Å². The fraction of sp³-hybridized carbons (Fsp3) is 0.576. The van der Waals surface area contributed by atoms with Crippen LogP contribution in [0.25, 0.3) is 0 Å². The van der Waals surface area contributed by atoms with Crippen LogP contribution in [-0.2, 0) is 33.7 Å². The van der Waals surface area contributed by atoms with E-state index in [0.29, 0.717) is 6.54 Å². The molecule has 218 valence electrons. The summed E-state index contributed by atoms with van der Waals surface area (Å²) < 4.78 is 17.2. The van der Waals surface area contributed by atoms with E-state index < -0.39 is 24.1 Å². The van der Waals surface area contributed by atoms with Gasteiger partial charge in [0.05, 0.1) is 25.9 Å². The lowest BCUT2D eigenvalue weighted by molar-refractivity contribution is -0.151. The number of rotatable bonds is 8. The van der Waals surface area contributed by atoms with Gasteiger partial charge in [-0.1, -0.05) is 51.1 Å². The lowest BCUT2D eigenvalue weighted by Gasteiger charge is -2.36. The van der Waals surface area contributed by atoms with E-state index in [1.165, 1.54) is 11.1 Å². The molecule has 7 nitrogen and oxygen atoms in total. The fourth-order valence-corrected chi connectivity index (χ4v) is 6.61. The molecule has 7 heteroatoms. The fourth-order valence-electron chi connectivity index (χ4n) is 6.61. The third kappa shape index (κ3) is 5.99. The molecule has 4 rings (SSSR count). The zero-order valence-corrected chi connectivity index (χ0v) is 25.4. The molecule has 0 aromatic heterocycles. The maximum atomic E-state index is 13.8. The number of methoxy groups -OCH3 is 1. The maximum Gasteiger partial charge on any atom is 0.411 e. The van der Waals surface area contributed by atoms with Crippen molar-refractivity contribution in [1.82, 2.24) is 10.2 Å². The van der Waals surface area contributed by atoms with Gasteiger partial charge in [0.2, 0.25) is 0 Å². The van der Waals surface area contributed by atoms with Crippen LogP contribution < -0.4 is 10.1 Å². The Balaban J connectivity index is 1.84. The second-order valence-electron chi connectivity index (χ2n) is 12.4. The maximum absolute atomic E-state index is 13.8. The van der Waals surface area contributed by atoms with Gasteiger partial charge in [-0.25, -0.2) is 9.59 Å². The van der Waals surface area contributed by atoms with Crippen LogP contribution in [0.4, 0.5) is 4.79 Å². The lowest BCUT2D eigenvalue weighted by atomic mass is 9.72. The molecule has 1 saturated heterocycles. The van der Waals surface area contributed by atoms with E-state index in [2.05, 4.69) is 38.2 Å². The first-order valence-electron chi connectivity index (χ1n) is 14.6. The molecule has 2 aromatic carbocycles. The van der Waals surface area contributed by atoms with Crippen molar-refractivity contribution in [3.8, 4) is 5.75 Å². The van der Waals surface area contributed by atoms with E-state index in [4.69, 9.17) is 14.2 Å². The number of amides is 1. The van der Waals surface area contributed by atoms with E-state index in [-0.39, 0.29) is 30.1 Å². The van der Waals surface area contributed by atoms with Crippen molar-refractivity contribution in [2.24, 2.45) is 11.3 Å². The second kappa shape index (κ2) is 12.2. The number of carbonyl (C=O) groups excluding carboxylic acids is 2. The molecular formula is C33H46N2O5. The Morgan fingerprint density at radius 2 is 1.77 bits per heavy atom. The Hall–Kier alpha value is -3.06. The Morgan fingerprint density at radius 3 is 2.38 bits per heavy atom. The van der Waals surface area contributed by atoms with Crippen molar-refractivity contribution in [3.63, 3.8) is 0 Å². The Labute approximate surface area is 239 Å². The molecule has 1 fully saturated rings. The van der Waals surface area contributed by atoms with E-state index in [1.54, 1.807) is 18.9 Å². The number of carbonyl (C=O) groups is 2. The number of esters is 1. The van der Waals surface area contributed by atoms with Gasteiger partial charge in [0.25, 0.3) is 0 Å². The molecule has 1 heterocycles. The predicted octanol–water partition coefficient (Wildman–Crippen LogP) is 6.15. The van der Waals surface area contributed by atoms with Crippen molar-refractivity contribution in [1.29, 1.82) is 0 Å². The number of nitrogens with zero attached hydrogens (tertiary/aromatic N) is 1. The summed E-state index contributed by atoms with van der Waals surface area (Å²) in [7, 11) is 1.71. The monoisotopic (exact) mass is 550 g/mol. The average Bonchev–Trinajstić information content (AvgIpc) is 3.48. The summed E-state index contributed by atoms with van der Waals surface area (Å²) >= 11 is 0. The number of benzene rings is 2. The summed E-state index contributed by atoms with van der Waals surface area (Å²) in [6.45, 7) is 14.6. The quantitative estimate of drug-likeness (QED) is 0.398. The van der Waals surface area contributed by atoms with Crippen LogP contribution in [-0.4, -0.2) is 48.9 Å². The minimum atomic E-state index is -0.810. The molecule has 1 N–H and O–H groups in total. The van der Waals surface area contributed by atoms with Crippen LogP contribution in [0, 0.1) is 18.3 Å². The van der Waals surface area contributed by atoms with Crippen LogP contribution in [0.1, 0.15) is 81.8 Å². The molecule has 0 bridgehead atoms. The van der Waals surface area contributed by atoms with Crippen molar-refractivity contribution < 1.29 is 23.8 Å². The number of hydrogen-bond acceptors (Lipinski definition) is 6. The summed E-state index contributed by atoms with van der Waals surface area (Å²) in [6.07, 6.45) is 2.48. The van der Waals surface area contributed by atoms with Gasteiger partial charge in [-0.05, 0) is 80.7 Å². The number of aryl methyl sites for hydroxylation is 3. The number of likely N-dealkylation sites (tertiary alicyclic amines) is 1. The molecule has 1 amide bonds. The molecule has 4 atom stereocenters. The summed E-state index contributed by atoms with van der Waals surface area (Å²) in [4.78, 5) is 29.2. The minimum Gasteiger partial charge on any atom is -0.496 e. The van der Waals surface area contributed by atoms with Crippen LogP contribution in [0.3, 0.4) is 0 Å². The first-order valence-corrected chi connectivity index (χ1v) is 14.6. The summed E-state index contributed by atoms with van der Waals surface area (Å²) in [5.41, 5.74) is 5.51. The predicted molar refractivity (Wildman–Crippen MR) is 156 cm³/mol. The Kier molecular flexibility index (Phi) is 9.13. The molecule has 2 aromatic rings. The molecule has 0 spiro atoms. The largest absolute Gasteiger partial charge is 0.496 e. The number of hydrogen-bond donors (Lipinski definition) is 1. The highest BCUT2D eigenvalue weighted by Gasteiger charge is 2.59. The summed E-state index contributed by atoms with van der Waals surface area (Å²) in [5, 5.41) is 3.82. The number of nitrogens with one attached hydrogen (secondary N) is 1. The first kappa shape index (κ1) is 29.9. The number of ether oxygens (including phenoxy) is 3. The van der Waals surface area contributed by atoms with Crippen LogP contribution in [0.15, 0.2) is 36.4 Å². The SMILES string of the molecule is CCOC(=O)[C@@H]1[C@@H](C(C)(C)C)[C@H](NCc2cc3c(cc2OC)CCC3)[C@H](c2ccccc2C)N1C(=O)OC(C)C. The molecule has 0 unspecified atom stereocenters. The third-order valence-electron chi connectivity index (χ3n) is 8.27. The zero-order valence-electron chi connectivity index (χ0n) is 25.4. The van der Waals surface area contributed by atoms with Crippen molar-refractivity contribution in [2.45, 2.75) is 98.5 Å². The molecule has 1 aliphatic carbocycles. The van der Waals surface area contributed by atoms with E-state index in [1.807, 2.05) is 45.0 Å². The van der Waals surface area contributed by atoms with Gasteiger partial charge in [-0.3, -0.25) is 4.90 Å². The average molecular weight is 551 g/mol. The summed E-state index contributed by atoms with van der Waals surface area (Å²) in [6, 6.07) is 11.0. The number of fused-ring (bicyclic) bond motifs is 1. The topological polar surface area (TPSA) is 77.1 Å². The van der Waals surface area contributed by atoms with Crippen molar-refractivity contribution in [2.75, 3.05) is 13.7 Å². The Bertz CT molecular complexity index is 1220. The van der Waals surface area contributed by atoms with Crippen molar-refractivity contribution in [3.05, 3.63) is 64.2 Å². The molecule has 2 aliphatic rings. The van der Waals surface area contributed by atoms with Gasteiger partial charge in [-0.2, -0.15) is 0 Å². The highest BCUT2D eigenvalue weighted by atomic mass is 16.6.